The van der Waals surface area contributed by atoms with E-state index in [-0.39, 0.29) is 5.41 Å². The molecule has 1 aliphatic rings. The van der Waals surface area contributed by atoms with Gasteiger partial charge in [-0.15, -0.1) is 0 Å². The summed E-state index contributed by atoms with van der Waals surface area (Å²) < 4.78 is 0. The summed E-state index contributed by atoms with van der Waals surface area (Å²) in [5, 5.41) is 3.56. The van der Waals surface area contributed by atoms with Crippen LogP contribution in [0.3, 0.4) is 0 Å². The van der Waals surface area contributed by atoms with Gasteiger partial charge in [-0.1, -0.05) is 141 Å². The highest BCUT2D eigenvalue weighted by molar-refractivity contribution is 6.02. The molecule has 0 saturated carbocycles. The van der Waals surface area contributed by atoms with E-state index in [9.17, 15) is 0 Å². The van der Waals surface area contributed by atoms with Crippen molar-refractivity contribution in [3.63, 3.8) is 0 Å². The quantitative estimate of drug-likeness (QED) is 0.201. The van der Waals surface area contributed by atoms with Gasteiger partial charge in [0.1, 0.15) is 0 Å². The molecule has 2 heteroatoms. The molecular weight excluding hydrogens is 569 g/mol. The van der Waals surface area contributed by atoms with Gasteiger partial charge in [0.2, 0.25) is 0 Å². The van der Waals surface area contributed by atoms with Gasteiger partial charge in [-0.05, 0) is 85.6 Å². The number of rotatable bonds is 4. The fraction of sp³-hybridized carbons (Fsp3) is 0.0667. The lowest BCUT2D eigenvalue weighted by molar-refractivity contribution is 0.661. The van der Waals surface area contributed by atoms with Gasteiger partial charge in [-0.25, -0.2) is 9.97 Å². The normalized spacial score (nSPS) is 13.1. The minimum Gasteiger partial charge on any atom is -0.228 e. The Morgan fingerprint density at radius 2 is 1.06 bits per heavy atom. The number of para-hydroxylation sites is 1. The maximum absolute atomic E-state index is 5.25. The molecule has 0 radical (unpaired) electrons. The lowest BCUT2D eigenvalue weighted by Gasteiger charge is -2.22. The molecule has 0 atom stereocenters. The molecule has 8 aromatic rings. The van der Waals surface area contributed by atoms with E-state index in [0.717, 1.165) is 39.1 Å². The van der Waals surface area contributed by atoms with Crippen LogP contribution in [0.5, 0.6) is 0 Å². The Balaban J connectivity index is 1.19. The van der Waals surface area contributed by atoms with Crippen molar-refractivity contribution < 1.29 is 0 Å². The van der Waals surface area contributed by atoms with Crippen LogP contribution in [0.4, 0.5) is 0 Å². The SMILES string of the molecule is CC1(C)c2ccccc2-c2cc3c(-c4cccc(-c5nc(-c6cccc(-c7ccccc7)c6)c6ccccc6n5)c4)cccc3cc21. The van der Waals surface area contributed by atoms with Crippen molar-refractivity contribution in [1.29, 1.82) is 0 Å². The predicted octanol–water partition coefficient (Wildman–Crippen LogP) is 11.8. The molecule has 0 saturated heterocycles. The zero-order valence-corrected chi connectivity index (χ0v) is 26.4. The third kappa shape index (κ3) is 4.48. The van der Waals surface area contributed by atoms with Crippen LogP contribution in [0.15, 0.2) is 158 Å². The zero-order chi connectivity index (χ0) is 31.5. The number of aromatic nitrogens is 2. The van der Waals surface area contributed by atoms with Crippen LogP contribution in [0.25, 0.3) is 77.7 Å². The van der Waals surface area contributed by atoms with Gasteiger partial charge < -0.3 is 0 Å². The van der Waals surface area contributed by atoms with Crippen molar-refractivity contribution in [1.82, 2.24) is 9.97 Å². The van der Waals surface area contributed by atoms with Crippen LogP contribution in [0.2, 0.25) is 0 Å². The molecule has 47 heavy (non-hydrogen) atoms. The molecule has 0 N–H and O–H groups in total. The third-order valence-electron chi connectivity index (χ3n) is 9.86. The second kappa shape index (κ2) is 10.6. The highest BCUT2D eigenvalue weighted by Crippen LogP contribution is 2.50. The van der Waals surface area contributed by atoms with Crippen molar-refractivity contribution in [3.8, 4) is 56.0 Å². The topological polar surface area (TPSA) is 25.8 Å². The van der Waals surface area contributed by atoms with Crippen LogP contribution in [0.1, 0.15) is 25.0 Å². The molecule has 0 fully saturated rings. The summed E-state index contributed by atoms with van der Waals surface area (Å²) in [6.45, 7) is 4.68. The fourth-order valence-corrected chi connectivity index (χ4v) is 7.45. The average molecular weight is 601 g/mol. The van der Waals surface area contributed by atoms with E-state index < -0.39 is 0 Å². The molecule has 1 heterocycles. The number of benzene rings is 7. The molecule has 0 spiro atoms. The highest BCUT2D eigenvalue weighted by Gasteiger charge is 2.35. The molecule has 0 unspecified atom stereocenters. The molecule has 9 rings (SSSR count). The summed E-state index contributed by atoms with van der Waals surface area (Å²) in [5.74, 6) is 0.725. The van der Waals surface area contributed by atoms with Crippen LogP contribution >= 0.6 is 0 Å². The Morgan fingerprint density at radius 3 is 1.96 bits per heavy atom. The van der Waals surface area contributed by atoms with E-state index in [2.05, 4.69) is 166 Å². The van der Waals surface area contributed by atoms with Crippen LogP contribution < -0.4 is 0 Å². The number of hydrogen-bond acceptors (Lipinski definition) is 2. The van der Waals surface area contributed by atoms with Gasteiger partial charge in [0.05, 0.1) is 11.2 Å². The Bertz CT molecular complexity index is 2490. The van der Waals surface area contributed by atoms with Crippen LogP contribution in [-0.2, 0) is 5.41 Å². The van der Waals surface area contributed by atoms with Crippen LogP contribution in [0, 0.1) is 0 Å². The lowest BCUT2D eigenvalue weighted by Crippen LogP contribution is -2.14. The second-order valence-corrected chi connectivity index (χ2v) is 13.0. The lowest BCUT2D eigenvalue weighted by atomic mass is 9.81. The van der Waals surface area contributed by atoms with E-state index in [0.29, 0.717) is 0 Å². The predicted molar refractivity (Wildman–Crippen MR) is 196 cm³/mol. The van der Waals surface area contributed by atoms with E-state index in [1.54, 1.807) is 0 Å². The molecule has 7 aromatic carbocycles. The Kier molecular flexibility index (Phi) is 6.20. The summed E-state index contributed by atoms with van der Waals surface area (Å²) in [5.41, 5.74) is 14.1. The summed E-state index contributed by atoms with van der Waals surface area (Å²) in [7, 11) is 0. The molecule has 1 aromatic heterocycles. The first kappa shape index (κ1) is 27.5. The van der Waals surface area contributed by atoms with E-state index in [1.807, 2.05) is 6.07 Å². The maximum Gasteiger partial charge on any atom is 0.160 e. The van der Waals surface area contributed by atoms with Crippen molar-refractivity contribution in [2.45, 2.75) is 19.3 Å². The van der Waals surface area contributed by atoms with E-state index >= 15 is 0 Å². The number of nitrogens with zero attached hydrogens (tertiary/aromatic N) is 2. The van der Waals surface area contributed by atoms with Crippen LogP contribution in [-0.4, -0.2) is 9.97 Å². The van der Waals surface area contributed by atoms with Crippen molar-refractivity contribution >= 4 is 21.7 Å². The minimum absolute atomic E-state index is 0.0260. The Hall–Kier alpha value is -5.86. The number of fused-ring (bicyclic) bond motifs is 5. The van der Waals surface area contributed by atoms with Crippen molar-refractivity contribution in [2.24, 2.45) is 0 Å². The summed E-state index contributed by atoms with van der Waals surface area (Å²) in [6.07, 6.45) is 0. The highest BCUT2D eigenvalue weighted by atomic mass is 14.9. The molecule has 222 valence electrons. The smallest absolute Gasteiger partial charge is 0.160 e. The number of hydrogen-bond donors (Lipinski definition) is 0. The molecule has 1 aliphatic carbocycles. The third-order valence-corrected chi connectivity index (χ3v) is 9.86. The summed E-state index contributed by atoms with van der Waals surface area (Å²) in [6, 6.07) is 56.5. The van der Waals surface area contributed by atoms with E-state index in [1.165, 1.54) is 49.7 Å². The van der Waals surface area contributed by atoms with Gasteiger partial charge in [-0.3, -0.25) is 0 Å². The van der Waals surface area contributed by atoms with Crippen molar-refractivity contribution in [3.05, 3.63) is 169 Å². The first-order valence-corrected chi connectivity index (χ1v) is 16.3. The maximum atomic E-state index is 5.25. The molecule has 0 bridgehead atoms. The first-order valence-electron chi connectivity index (χ1n) is 16.3. The Labute approximate surface area is 275 Å². The first-order chi connectivity index (χ1) is 23.0. The standard InChI is InChI=1S/C45H32N2/c1-45(2)40-23-8-6-20-36(40)39-28-38-32(27-41(39)45)17-12-22-35(38)31-16-11-19-34(26-31)44-46-42-24-9-7-21-37(42)43(47-44)33-18-10-15-30(25-33)29-13-4-3-5-14-29/h3-28H,1-2H3. The summed E-state index contributed by atoms with van der Waals surface area (Å²) >= 11 is 0. The van der Waals surface area contributed by atoms with Gasteiger partial charge in [0.25, 0.3) is 0 Å². The average Bonchev–Trinajstić information content (AvgIpc) is 3.35. The monoisotopic (exact) mass is 600 g/mol. The van der Waals surface area contributed by atoms with Gasteiger partial charge in [-0.2, -0.15) is 0 Å². The second-order valence-electron chi connectivity index (χ2n) is 13.0. The van der Waals surface area contributed by atoms with Gasteiger partial charge >= 0.3 is 0 Å². The molecule has 2 nitrogen and oxygen atoms in total. The molecule has 0 amide bonds. The molecule has 0 aliphatic heterocycles. The Morgan fingerprint density at radius 1 is 0.404 bits per heavy atom. The minimum atomic E-state index is -0.0260. The van der Waals surface area contributed by atoms with Crippen molar-refractivity contribution in [2.75, 3.05) is 0 Å². The molecular formula is C45H32N2. The largest absolute Gasteiger partial charge is 0.228 e. The van der Waals surface area contributed by atoms with E-state index in [4.69, 9.17) is 9.97 Å². The fourth-order valence-electron chi connectivity index (χ4n) is 7.45. The zero-order valence-electron chi connectivity index (χ0n) is 26.4. The van der Waals surface area contributed by atoms with Gasteiger partial charge in [0, 0.05) is 21.9 Å². The summed E-state index contributed by atoms with van der Waals surface area (Å²) in [4.78, 5) is 10.3. The van der Waals surface area contributed by atoms with Gasteiger partial charge in [0.15, 0.2) is 5.82 Å².